The van der Waals surface area contributed by atoms with E-state index in [2.05, 4.69) is 15.3 Å². The number of aliphatic hydroxyl groups excluding tert-OH is 1. The van der Waals surface area contributed by atoms with E-state index in [-0.39, 0.29) is 25.5 Å². The zero-order chi connectivity index (χ0) is 30.3. The fourth-order valence-electron chi connectivity index (χ4n) is 5.28. The van der Waals surface area contributed by atoms with Crippen LogP contribution in [0.2, 0.25) is 0 Å². The first-order valence-electron chi connectivity index (χ1n) is 14.0. The maximum atomic E-state index is 15.0. The summed E-state index contributed by atoms with van der Waals surface area (Å²) in [5, 5.41) is 16.9. The molecule has 1 fully saturated rings. The molecule has 0 radical (unpaired) electrons. The Morgan fingerprint density at radius 3 is 2.81 bits per heavy atom. The minimum atomic E-state index is -1.02. The van der Waals surface area contributed by atoms with E-state index in [1.807, 2.05) is 0 Å². The van der Waals surface area contributed by atoms with Gasteiger partial charge in [0.1, 0.15) is 24.7 Å². The lowest BCUT2D eigenvalue weighted by Crippen LogP contribution is -2.43. The summed E-state index contributed by atoms with van der Waals surface area (Å²) in [6, 6.07) is 7.75. The van der Waals surface area contributed by atoms with Gasteiger partial charge in [-0.3, -0.25) is 14.4 Å². The van der Waals surface area contributed by atoms with Gasteiger partial charge in [-0.15, -0.1) is 0 Å². The molecule has 4 N–H and O–H groups in total. The number of amidine groups is 1. The van der Waals surface area contributed by atoms with Crippen molar-refractivity contribution in [2.45, 2.75) is 25.4 Å². The minimum Gasteiger partial charge on any atom is -0.493 e. The van der Waals surface area contributed by atoms with Crippen LogP contribution in [-0.2, 0) is 16.1 Å². The highest BCUT2D eigenvalue weighted by atomic mass is 19.2. The molecule has 12 nitrogen and oxygen atoms in total. The van der Waals surface area contributed by atoms with Crippen molar-refractivity contribution in [2.75, 3.05) is 63.5 Å². The number of aliphatic hydroxyl groups is 1. The Kier molecular flexibility index (Phi) is 9.69. The quantitative estimate of drug-likeness (QED) is 0.287. The van der Waals surface area contributed by atoms with Crippen LogP contribution in [0.5, 0.6) is 11.5 Å². The molecule has 0 aliphatic carbocycles. The normalized spacial score (nSPS) is 16.3. The van der Waals surface area contributed by atoms with Crippen LogP contribution in [0.1, 0.15) is 18.4 Å². The summed E-state index contributed by atoms with van der Waals surface area (Å²) < 4.78 is 47.9. The summed E-state index contributed by atoms with van der Waals surface area (Å²) in [7, 11) is 1.51. The molecule has 0 bridgehead atoms. The van der Waals surface area contributed by atoms with Gasteiger partial charge in [0.2, 0.25) is 5.91 Å². The Morgan fingerprint density at radius 2 is 2.07 bits per heavy atom. The molecule has 3 heterocycles. The number of amides is 1. The van der Waals surface area contributed by atoms with E-state index in [0.29, 0.717) is 73.2 Å². The molecule has 0 unspecified atom stereocenters. The predicted octanol–water partition coefficient (Wildman–Crippen LogP) is 2.48. The summed E-state index contributed by atoms with van der Waals surface area (Å²) in [5.41, 5.74) is 6.84. The van der Waals surface area contributed by atoms with Crippen molar-refractivity contribution < 1.29 is 32.9 Å². The third kappa shape index (κ3) is 7.04. The van der Waals surface area contributed by atoms with Crippen LogP contribution in [-0.4, -0.2) is 90.9 Å². The average Bonchev–Trinajstić information content (AvgIpc) is 3.44. The van der Waals surface area contributed by atoms with Crippen LogP contribution in [0, 0.1) is 11.6 Å². The number of fused-ring (bicyclic) bond motifs is 1. The van der Waals surface area contributed by atoms with E-state index in [9.17, 15) is 18.7 Å². The molecule has 5 rings (SSSR count). The number of benzene rings is 2. The van der Waals surface area contributed by atoms with E-state index < -0.39 is 17.5 Å². The second-order valence-corrected chi connectivity index (χ2v) is 10.1. The summed E-state index contributed by atoms with van der Waals surface area (Å²) in [6.45, 7) is 2.88. The van der Waals surface area contributed by atoms with E-state index in [1.54, 1.807) is 12.1 Å². The number of rotatable bonds is 12. The third-order valence-corrected chi connectivity index (χ3v) is 7.35. The molecule has 0 saturated carbocycles. The standard InChI is InChI=1S/C29H35F2N7O5/c1-41-25-13-21-23(14-26(25)43-12-8-36(7-9-39)20-5-10-42-11-6-20)33-18-38(24-4-2-3-22(30)28(24)31)29(21)35-19-15-34-37(16-19)17-27(32)40/h2-4,13-16,20,33,39H,5-12,17-18H2,1H3,(H2,32,40). The highest BCUT2D eigenvalue weighted by Crippen LogP contribution is 2.38. The molecule has 2 aliphatic heterocycles. The monoisotopic (exact) mass is 599 g/mol. The number of methoxy groups -OCH3 is 1. The van der Waals surface area contributed by atoms with Crippen molar-refractivity contribution >= 4 is 28.8 Å². The summed E-state index contributed by atoms with van der Waals surface area (Å²) in [6.07, 6.45) is 4.78. The van der Waals surface area contributed by atoms with Crippen molar-refractivity contribution in [3.8, 4) is 11.5 Å². The molecule has 2 aromatic carbocycles. The van der Waals surface area contributed by atoms with Gasteiger partial charge in [0, 0.05) is 44.0 Å². The van der Waals surface area contributed by atoms with Crippen molar-refractivity contribution in [1.29, 1.82) is 0 Å². The average molecular weight is 600 g/mol. The van der Waals surface area contributed by atoms with Crippen molar-refractivity contribution in [3.05, 3.63) is 59.9 Å². The molecular formula is C29H35F2N7O5. The van der Waals surface area contributed by atoms with Crippen LogP contribution in [0.15, 0.2) is 47.7 Å². The molecule has 1 amide bonds. The topological polar surface area (TPSA) is 140 Å². The van der Waals surface area contributed by atoms with Crippen molar-refractivity contribution in [3.63, 3.8) is 0 Å². The highest BCUT2D eigenvalue weighted by molar-refractivity contribution is 6.16. The molecule has 0 atom stereocenters. The first-order valence-corrected chi connectivity index (χ1v) is 14.0. The van der Waals surface area contributed by atoms with Crippen molar-refractivity contribution in [2.24, 2.45) is 10.7 Å². The third-order valence-electron chi connectivity index (χ3n) is 7.35. The van der Waals surface area contributed by atoms with Gasteiger partial charge >= 0.3 is 0 Å². The number of aromatic nitrogens is 2. The van der Waals surface area contributed by atoms with Gasteiger partial charge in [-0.2, -0.15) is 5.10 Å². The Labute approximate surface area is 247 Å². The Hall–Kier alpha value is -4.27. The zero-order valence-corrected chi connectivity index (χ0v) is 23.8. The largest absolute Gasteiger partial charge is 0.493 e. The van der Waals surface area contributed by atoms with E-state index in [4.69, 9.17) is 24.9 Å². The highest BCUT2D eigenvalue weighted by Gasteiger charge is 2.29. The number of nitrogens with zero attached hydrogens (tertiary/aromatic N) is 5. The Bertz CT molecular complexity index is 1460. The number of primary amides is 1. The summed E-state index contributed by atoms with van der Waals surface area (Å²) in [4.78, 5) is 19.8. The van der Waals surface area contributed by atoms with E-state index >= 15 is 0 Å². The Morgan fingerprint density at radius 1 is 1.26 bits per heavy atom. The Balaban J connectivity index is 1.45. The fraction of sp³-hybridized carbons (Fsp3) is 0.414. The second-order valence-electron chi connectivity index (χ2n) is 10.1. The first-order chi connectivity index (χ1) is 20.9. The lowest BCUT2D eigenvalue weighted by molar-refractivity contribution is -0.118. The zero-order valence-electron chi connectivity index (χ0n) is 23.8. The lowest BCUT2D eigenvalue weighted by Gasteiger charge is -2.34. The van der Waals surface area contributed by atoms with Crippen LogP contribution in [0.3, 0.4) is 0 Å². The first kappa shape index (κ1) is 30.2. The molecule has 2 aliphatic rings. The van der Waals surface area contributed by atoms with Crippen molar-refractivity contribution in [1.82, 2.24) is 14.7 Å². The number of carbonyl (C=O) groups is 1. The second kappa shape index (κ2) is 13.8. The fourth-order valence-corrected chi connectivity index (χ4v) is 5.28. The van der Waals surface area contributed by atoms with Crippen LogP contribution < -0.4 is 25.4 Å². The maximum absolute atomic E-state index is 15.0. The molecule has 1 saturated heterocycles. The van der Waals surface area contributed by atoms with Gasteiger partial charge in [0.05, 0.1) is 44.2 Å². The van der Waals surface area contributed by atoms with Crippen LogP contribution in [0.4, 0.5) is 25.8 Å². The van der Waals surface area contributed by atoms with Crippen LogP contribution in [0.25, 0.3) is 0 Å². The number of nitrogens with two attached hydrogens (primary N) is 1. The predicted molar refractivity (Wildman–Crippen MR) is 156 cm³/mol. The van der Waals surface area contributed by atoms with Gasteiger partial charge in [-0.05, 0) is 31.0 Å². The summed E-state index contributed by atoms with van der Waals surface area (Å²) in [5.74, 6) is -1.37. The number of anilines is 2. The molecule has 14 heteroatoms. The number of aliphatic imine (C=N–C) groups is 1. The molecule has 3 aromatic rings. The minimum absolute atomic E-state index is 0.0159. The number of ether oxygens (including phenoxy) is 3. The van der Waals surface area contributed by atoms with Gasteiger partial charge in [-0.25, -0.2) is 13.8 Å². The molecule has 230 valence electrons. The molecule has 1 aromatic heterocycles. The summed E-state index contributed by atoms with van der Waals surface area (Å²) >= 11 is 0. The van der Waals surface area contributed by atoms with Gasteiger partial charge in [0.15, 0.2) is 23.1 Å². The van der Waals surface area contributed by atoms with E-state index in [0.717, 1.165) is 18.9 Å². The van der Waals surface area contributed by atoms with Crippen LogP contribution >= 0.6 is 0 Å². The van der Waals surface area contributed by atoms with Gasteiger partial charge in [0.25, 0.3) is 0 Å². The molecular weight excluding hydrogens is 564 g/mol. The number of hydrogen-bond acceptors (Lipinski definition) is 9. The number of halogens is 2. The smallest absolute Gasteiger partial charge is 0.239 e. The van der Waals surface area contributed by atoms with Gasteiger partial charge in [-0.1, -0.05) is 6.07 Å². The number of carbonyl (C=O) groups excluding carboxylic acids is 1. The number of hydrogen-bond donors (Lipinski definition) is 3. The molecule has 43 heavy (non-hydrogen) atoms. The lowest BCUT2D eigenvalue weighted by atomic mass is 10.1. The SMILES string of the molecule is COc1cc2c(cc1OCCN(CCO)C1CCOCC1)NCN(c1cccc(F)c1F)C2=Nc1cnn(CC(N)=O)c1. The van der Waals surface area contributed by atoms with E-state index in [1.165, 1.54) is 41.2 Å². The van der Waals surface area contributed by atoms with Gasteiger partial charge < -0.3 is 35.3 Å². The maximum Gasteiger partial charge on any atom is 0.239 e. The number of nitrogens with one attached hydrogen (secondary N) is 1. The molecule has 0 spiro atoms.